The highest BCUT2D eigenvalue weighted by atomic mass is 35.5. The van der Waals surface area contributed by atoms with Crippen LogP contribution in [0.15, 0.2) is 54.6 Å². The number of hydrogen-bond acceptors (Lipinski definition) is 3. The lowest BCUT2D eigenvalue weighted by molar-refractivity contribution is -0.265. The van der Waals surface area contributed by atoms with Gasteiger partial charge in [-0.05, 0) is 5.56 Å². The predicted octanol–water partition coefficient (Wildman–Crippen LogP) is 3.11. The molecule has 0 spiro atoms. The Balaban J connectivity index is 0.00000364. The molecule has 9 heteroatoms. The number of methoxy groups -OCH3 is 1. The van der Waals surface area contributed by atoms with Gasteiger partial charge in [-0.25, -0.2) is 0 Å². The first-order chi connectivity index (χ1) is 12.2. The van der Waals surface area contributed by atoms with Gasteiger partial charge in [0.1, 0.15) is 5.84 Å². The molecule has 0 saturated carbocycles. The highest BCUT2D eigenvalue weighted by molar-refractivity contribution is 5.94. The zero-order valence-electron chi connectivity index (χ0n) is 14.3. The lowest BCUT2D eigenvalue weighted by Crippen LogP contribution is -2.55. The molecular formula is C18H19ClF3N3O2. The summed E-state index contributed by atoms with van der Waals surface area (Å²) in [5.41, 5.74) is 2.97. The Morgan fingerprint density at radius 2 is 1.67 bits per heavy atom. The molecule has 0 aliphatic carbocycles. The number of carbonyl (C=O) groups excluding carboxylic acids is 1. The summed E-state index contributed by atoms with van der Waals surface area (Å²) in [6, 6.07) is 13.0. The zero-order valence-corrected chi connectivity index (χ0v) is 15.2. The van der Waals surface area contributed by atoms with E-state index in [9.17, 15) is 18.0 Å². The largest absolute Gasteiger partial charge is 0.430 e. The number of amidine groups is 1. The van der Waals surface area contributed by atoms with Crippen LogP contribution in [0.2, 0.25) is 0 Å². The third-order valence-corrected chi connectivity index (χ3v) is 3.92. The summed E-state index contributed by atoms with van der Waals surface area (Å²) in [4.78, 5) is 12.5. The van der Waals surface area contributed by atoms with Crippen molar-refractivity contribution in [1.29, 1.82) is 5.41 Å². The second-order valence-corrected chi connectivity index (χ2v) is 5.54. The van der Waals surface area contributed by atoms with Gasteiger partial charge in [0.15, 0.2) is 0 Å². The fraction of sp³-hybridized carbons (Fsp3) is 0.222. The molecule has 0 aliphatic heterocycles. The summed E-state index contributed by atoms with van der Waals surface area (Å²) < 4.78 is 46.0. The third-order valence-electron chi connectivity index (χ3n) is 3.92. The summed E-state index contributed by atoms with van der Waals surface area (Å²) in [6.45, 7) is -0.134. The zero-order chi connectivity index (χ0) is 19.4. The smallest absolute Gasteiger partial charge is 0.384 e. The van der Waals surface area contributed by atoms with Crippen molar-refractivity contribution in [3.63, 3.8) is 0 Å². The minimum Gasteiger partial charge on any atom is -0.384 e. The molecule has 0 radical (unpaired) electrons. The summed E-state index contributed by atoms with van der Waals surface area (Å²) in [7, 11) is 0.849. The first-order valence-electron chi connectivity index (χ1n) is 7.61. The molecule has 5 nitrogen and oxygen atoms in total. The molecule has 27 heavy (non-hydrogen) atoms. The van der Waals surface area contributed by atoms with E-state index in [1.54, 1.807) is 30.3 Å². The van der Waals surface area contributed by atoms with Crippen LogP contribution in [0.1, 0.15) is 16.7 Å². The van der Waals surface area contributed by atoms with E-state index < -0.39 is 17.7 Å². The van der Waals surface area contributed by atoms with Gasteiger partial charge in [0, 0.05) is 24.8 Å². The first kappa shape index (κ1) is 22.5. The van der Waals surface area contributed by atoms with Crippen LogP contribution in [0, 0.1) is 5.41 Å². The standard InChI is InChI=1S/C18H18F3N3O2.ClH/c1-26-17(18(19,20)21,14-5-3-2-4-6-14)16(25)24-11-12-7-9-13(10-8-12)15(22)23;/h2-10H,11H2,1H3,(H3,22,23)(H,24,25);1H. The van der Waals surface area contributed by atoms with Gasteiger partial charge in [-0.1, -0.05) is 54.6 Å². The number of alkyl halides is 3. The number of amides is 1. The van der Waals surface area contributed by atoms with Crippen LogP contribution in [0.5, 0.6) is 0 Å². The van der Waals surface area contributed by atoms with Crippen LogP contribution in [0.25, 0.3) is 0 Å². The Labute approximate surface area is 160 Å². The van der Waals surface area contributed by atoms with Crippen molar-refractivity contribution in [2.24, 2.45) is 5.73 Å². The first-order valence-corrected chi connectivity index (χ1v) is 7.61. The number of rotatable bonds is 6. The number of nitrogen functional groups attached to an aromatic ring is 1. The van der Waals surface area contributed by atoms with E-state index in [1.165, 1.54) is 24.3 Å². The molecule has 0 heterocycles. The number of nitrogens with two attached hydrogens (primary N) is 1. The van der Waals surface area contributed by atoms with Crippen LogP contribution in [-0.2, 0) is 21.7 Å². The van der Waals surface area contributed by atoms with Crippen molar-refractivity contribution in [3.05, 3.63) is 71.3 Å². The fourth-order valence-corrected chi connectivity index (χ4v) is 2.53. The highest BCUT2D eigenvalue weighted by Gasteiger charge is 2.62. The van der Waals surface area contributed by atoms with Gasteiger partial charge in [0.05, 0.1) is 0 Å². The van der Waals surface area contributed by atoms with Crippen LogP contribution < -0.4 is 11.1 Å². The summed E-state index contributed by atoms with van der Waals surface area (Å²) in [5, 5.41) is 9.59. The topological polar surface area (TPSA) is 88.2 Å². The second kappa shape index (κ2) is 8.88. The molecule has 1 unspecified atom stereocenters. The lowest BCUT2D eigenvalue weighted by atomic mass is 9.91. The van der Waals surface area contributed by atoms with Gasteiger partial charge in [0.2, 0.25) is 0 Å². The lowest BCUT2D eigenvalue weighted by Gasteiger charge is -2.33. The Morgan fingerprint density at radius 1 is 1.11 bits per heavy atom. The van der Waals surface area contributed by atoms with Crippen molar-refractivity contribution in [2.45, 2.75) is 18.3 Å². The highest BCUT2D eigenvalue weighted by Crippen LogP contribution is 2.42. The van der Waals surface area contributed by atoms with Crippen molar-refractivity contribution < 1.29 is 22.7 Å². The molecule has 0 aromatic heterocycles. The van der Waals surface area contributed by atoms with Crippen molar-refractivity contribution in [3.8, 4) is 0 Å². The number of nitrogens with one attached hydrogen (secondary N) is 2. The number of carbonyl (C=O) groups is 1. The van der Waals surface area contributed by atoms with Gasteiger partial charge in [-0.2, -0.15) is 13.2 Å². The summed E-state index contributed by atoms with van der Waals surface area (Å²) in [5.74, 6) is -1.44. The maximum Gasteiger partial charge on any atom is 0.430 e. The van der Waals surface area contributed by atoms with E-state index in [1.807, 2.05) is 0 Å². The minimum absolute atomic E-state index is 0. The Morgan fingerprint density at radius 3 is 2.11 bits per heavy atom. The SMILES string of the molecule is COC(C(=O)NCc1ccc(C(=N)N)cc1)(c1ccccc1)C(F)(F)F.Cl. The number of hydrogen-bond donors (Lipinski definition) is 3. The fourth-order valence-electron chi connectivity index (χ4n) is 2.53. The Kier molecular flexibility index (Phi) is 7.38. The van der Waals surface area contributed by atoms with E-state index in [0.717, 1.165) is 7.11 Å². The maximum absolute atomic E-state index is 13.8. The van der Waals surface area contributed by atoms with E-state index in [4.69, 9.17) is 15.9 Å². The van der Waals surface area contributed by atoms with Crippen LogP contribution in [-0.4, -0.2) is 25.0 Å². The molecule has 1 amide bonds. The Hall–Kier alpha value is -2.58. The molecule has 2 aromatic rings. The van der Waals surface area contributed by atoms with E-state index in [0.29, 0.717) is 11.1 Å². The monoisotopic (exact) mass is 401 g/mol. The van der Waals surface area contributed by atoms with Gasteiger partial charge < -0.3 is 15.8 Å². The third kappa shape index (κ3) is 4.58. The molecule has 0 bridgehead atoms. The number of halogens is 4. The molecule has 0 saturated heterocycles. The molecule has 0 fully saturated rings. The van der Waals surface area contributed by atoms with Crippen LogP contribution in [0.4, 0.5) is 13.2 Å². The second-order valence-electron chi connectivity index (χ2n) is 5.54. The molecule has 0 aliphatic rings. The van der Waals surface area contributed by atoms with Gasteiger partial charge in [0.25, 0.3) is 11.5 Å². The van der Waals surface area contributed by atoms with E-state index in [-0.39, 0.29) is 30.4 Å². The normalized spacial score (nSPS) is 13.2. The van der Waals surface area contributed by atoms with Gasteiger partial charge in [-0.3, -0.25) is 10.2 Å². The Bertz CT molecular complexity index is 783. The molecule has 146 valence electrons. The van der Waals surface area contributed by atoms with Crippen LogP contribution >= 0.6 is 12.4 Å². The van der Waals surface area contributed by atoms with Crippen LogP contribution in [0.3, 0.4) is 0 Å². The summed E-state index contributed by atoms with van der Waals surface area (Å²) in [6.07, 6.45) is -4.95. The number of benzene rings is 2. The molecule has 4 N–H and O–H groups in total. The average molecular weight is 402 g/mol. The molecule has 1 atom stereocenters. The molecular weight excluding hydrogens is 383 g/mol. The van der Waals surface area contributed by atoms with Crippen molar-refractivity contribution in [2.75, 3.05) is 7.11 Å². The van der Waals surface area contributed by atoms with Gasteiger partial charge >= 0.3 is 6.18 Å². The molecule has 2 aromatic carbocycles. The minimum atomic E-state index is -4.95. The number of ether oxygens (including phenoxy) is 1. The van der Waals surface area contributed by atoms with Crippen molar-refractivity contribution in [1.82, 2.24) is 5.32 Å². The van der Waals surface area contributed by atoms with Gasteiger partial charge in [-0.15, -0.1) is 12.4 Å². The molecule has 2 rings (SSSR count). The summed E-state index contributed by atoms with van der Waals surface area (Å²) >= 11 is 0. The maximum atomic E-state index is 13.8. The van der Waals surface area contributed by atoms with Crippen molar-refractivity contribution >= 4 is 24.1 Å². The van der Waals surface area contributed by atoms with E-state index in [2.05, 4.69) is 5.32 Å². The average Bonchev–Trinajstić information content (AvgIpc) is 2.61. The predicted molar refractivity (Wildman–Crippen MR) is 97.7 cm³/mol. The van der Waals surface area contributed by atoms with E-state index >= 15 is 0 Å². The quantitative estimate of drug-likeness (QED) is 0.513.